The van der Waals surface area contributed by atoms with E-state index in [-0.39, 0.29) is 0 Å². The lowest BCUT2D eigenvalue weighted by Gasteiger charge is -2.10. The number of aromatic nitrogens is 3. The zero-order chi connectivity index (χ0) is 11.6. The SMILES string of the molecule is C=[N+](C)c1nc(N(C)C)nc(N(C)C)n1. The molecule has 0 aliphatic rings. The van der Waals surface area contributed by atoms with Crippen molar-refractivity contribution in [2.24, 2.45) is 0 Å². The van der Waals surface area contributed by atoms with E-state index in [0.29, 0.717) is 17.8 Å². The third kappa shape index (κ3) is 2.61. The van der Waals surface area contributed by atoms with E-state index < -0.39 is 0 Å². The van der Waals surface area contributed by atoms with Crippen LogP contribution in [0.3, 0.4) is 0 Å². The maximum Gasteiger partial charge on any atom is 0.439 e. The second-order valence-electron chi connectivity index (χ2n) is 3.72. The van der Waals surface area contributed by atoms with Gasteiger partial charge in [0.1, 0.15) is 0 Å². The first kappa shape index (κ1) is 11.4. The van der Waals surface area contributed by atoms with Crippen molar-refractivity contribution in [1.29, 1.82) is 0 Å². The van der Waals surface area contributed by atoms with Crippen LogP contribution in [0.25, 0.3) is 0 Å². The average molecular weight is 209 g/mol. The Morgan fingerprint density at radius 1 is 0.933 bits per heavy atom. The maximum atomic E-state index is 4.29. The molecule has 82 valence electrons. The highest BCUT2D eigenvalue weighted by Gasteiger charge is 2.18. The number of nitrogens with zero attached hydrogens (tertiary/aromatic N) is 6. The first-order valence-electron chi connectivity index (χ1n) is 4.56. The normalized spacial score (nSPS) is 9.93. The summed E-state index contributed by atoms with van der Waals surface area (Å²) < 4.78 is 1.61. The first-order valence-corrected chi connectivity index (χ1v) is 4.56. The van der Waals surface area contributed by atoms with Crippen LogP contribution >= 0.6 is 0 Å². The molecule has 0 bridgehead atoms. The highest BCUT2D eigenvalue weighted by atomic mass is 15.3. The maximum absolute atomic E-state index is 4.29. The van der Waals surface area contributed by atoms with Crippen LogP contribution in [-0.4, -0.2) is 61.5 Å². The summed E-state index contributed by atoms with van der Waals surface area (Å²) in [6, 6.07) is 0. The van der Waals surface area contributed by atoms with Gasteiger partial charge in [0.25, 0.3) is 0 Å². The van der Waals surface area contributed by atoms with E-state index in [1.54, 1.807) is 11.6 Å². The number of rotatable bonds is 3. The molecule has 6 heteroatoms. The van der Waals surface area contributed by atoms with Gasteiger partial charge in [-0.25, -0.2) is 4.58 Å². The van der Waals surface area contributed by atoms with Gasteiger partial charge in [0.05, 0.1) is 7.05 Å². The van der Waals surface area contributed by atoms with E-state index in [0.717, 1.165) is 0 Å². The lowest BCUT2D eigenvalue weighted by Crippen LogP contribution is -2.19. The molecule has 0 fully saturated rings. The molecule has 6 nitrogen and oxygen atoms in total. The van der Waals surface area contributed by atoms with Crippen molar-refractivity contribution in [2.45, 2.75) is 0 Å². The Hall–Kier alpha value is -1.72. The Balaban J connectivity index is 3.26. The van der Waals surface area contributed by atoms with Gasteiger partial charge in [-0.15, -0.1) is 4.98 Å². The second kappa shape index (κ2) is 4.20. The average Bonchev–Trinajstić information content (AvgIpc) is 2.16. The van der Waals surface area contributed by atoms with Crippen molar-refractivity contribution in [3.8, 4) is 0 Å². The fourth-order valence-electron chi connectivity index (χ4n) is 0.914. The quantitative estimate of drug-likeness (QED) is 0.517. The van der Waals surface area contributed by atoms with E-state index in [4.69, 9.17) is 0 Å². The zero-order valence-corrected chi connectivity index (χ0v) is 9.89. The third-order valence-corrected chi connectivity index (χ3v) is 1.74. The second-order valence-corrected chi connectivity index (χ2v) is 3.72. The van der Waals surface area contributed by atoms with E-state index >= 15 is 0 Å². The molecule has 0 aromatic carbocycles. The standard InChI is InChI=1S/C9H17N6/c1-13(2)7-10-8(14(3)4)12-9(11-7)15(5)6/h1H2,2-6H3/q+1. The molecule has 0 amide bonds. The largest absolute Gasteiger partial charge is 0.439 e. The molecule has 0 unspecified atom stereocenters. The molecule has 0 spiro atoms. The third-order valence-electron chi connectivity index (χ3n) is 1.74. The van der Waals surface area contributed by atoms with Gasteiger partial charge in [-0.3, -0.25) is 0 Å². The Kier molecular flexibility index (Phi) is 3.18. The van der Waals surface area contributed by atoms with Gasteiger partial charge in [0, 0.05) is 34.9 Å². The van der Waals surface area contributed by atoms with E-state index in [2.05, 4.69) is 21.7 Å². The van der Waals surface area contributed by atoms with Gasteiger partial charge < -0.3 is 9.80 Å². The molecule has 0 saturated heterocycles. The summed E-state index contributed by atoms with van der Waals surface area (Å²) in [4.78, 5) is 16.5. The molecule has 0 atom stereocenters. The highest BCUT2D eigenvalue weighted by Crippen LogP contribution is 2.13. The highest BCUT2D eigenvalue weighted by molar-refractivity contribution is 5.40. The predicted octanol–water partition coefficient (Wildman–Crippen LogP) is -0.0220. The Morgan fingerprint density at radius 3 is 1.60 bits per heavy atom. The van der Waals surface area contributed by atoms with Crippen molar-refractivity contribution in [3.05, 3.63) is 0 Å². The Bertz CT molecular complexity index is 345. The molecule has 0 N–H and O–H groups in total. The van der Waals surface area contributed by atoms with Crippen LogP contribution in [-0.2, 0) is 0 Å². The van der Waals surface area contributed by atoms with Crippen LogP contribution < -0.4 is 9.80 Å². The predicted molar refractivity (Wildman–Crippen MR) is 61.4 cm³/mol. The van der Waals surface area contributed by atoms with Crippen LogP contribution in [0, 0.1) is 0 Å². The molecule has 0 aliphatic heterocycles. The van der Waals surface area contributed by atoms with Gasteiger partial charge in [0.2, 0.25) is 0 Å². The van der Waals surface area contributed by atoms with Crippen LogP contribution in [0.15, 0.2) is 0 Å². The van der Waals surface area contributed by atoms with Crippen LogP contribution in [0.2, 0.25) is 0 Å². The van der Waals surface area contributed by atoms with Gasteiger partial charge >= 0.3 is 17.8 Å². The lowest BCUT2D eigenvalue weighted by molar-refractivity contribution is -0.403. The summed E-state index contributed by atoms with van der Waals surface area (Å²) in [5, 5.41) is 0. The van der Waals surface area contributed by atoms with E-state index in [1.807, 2.05) is 38.0 Å². The zero-order valence-electron chi connectivity index (χ0n) is 9.89. The molecule has 1 aromatic rings. The first-order chi connectivity index (χ1) is 6.91. The Morgan fingerprint density at radius 2 is 1.33 bits per heavy atom. The minimum atomic E-state index is 0.553. The van der Waals surface area contributed by atoms with Crippen molar-refractivity contribution >= 4 is 24.6 Å². The molecule has 0 aliphatic carbocycles. The molecule has 0 radical (unpaired) electrons. The minimum Gasteiger partial charge on any atom is -0.333 e. The topological polar surface area (TPSA) is 48.2 Å². The minimum absolute atomic E-state index is 0.553. The molecule has 15 heavy (non-hydrogen) atoms. The fourth-order valence-corrected chi connectivity index (χ4v) is 0.914. The van der Waals surface area contributed by atoms with Crippen LogP contribution in [0.1, 0.15) is 0 Å². The van der Waals surface area contributed by atoms with Crippen molar-refractivity contribution in [2.75, 3.05) is 45.0 Å². The summed E-state index contributed by atoms with van der Waals surface area (Å²) in [7, 11) is 9.36. The van der Waals surface area contributed by atoms with Gasteiger partial charge in [-0.05, 0) is 9.97 Å². The molecule has 1 rings (SSSR count). The van der Waals surface area contributed by atoms with Crippen LogP contribution in [0.4, 0.5) is 17.8 Å². The fraction of sp³-hybridized carbons (Fsp3) is 0.556. The smallest absolute Gasteiger partial charge is 0.333 e. The summed E-state index contributed by atoms with van der Waals surface area (Å²) in [5.41, 5.74) is 0. The molecular formula is C9H17N6+. The van der Waals surface area contributed by atoms with Gasteiger partial charge in [-0.2, -0.15) is 0 Å². The van der Waals surface area contributed by atoms with Gasteiger partial charge in [0.15, 0.2) is 0 Å². The summed E-state index contributed by atoms with van der Waals surface area (Å²) in [6.45, 7) is 3.75. The molecule has 1 aromatic heterocycles. The van der Waals surface area contributed by atoms with Gasteiger partial charge in [-0.1, -0.05) is 0 Å². The van der Waals surface area contributed by atoms with Crippen molar-refractivity contribution in [3.63, 3.8) is 0 Å². The number of anilines is 2. The number of hydrogen-bond acceptors (Lipinski definition) is 5. The van der Waals surface area contributed by atoms with Crippen molar-refractivity contribution < 1.29 is 4.58 Å². The molecular weight excluding hydrogens is 192 g/mol. The summed E-state index contributed by atoms with van der Waals surface area (Å²) in [5.74, 6) is 1.80. The van der Waals surface area contributed by atoms with Crippen molar-refractivity contribution in [1.82, 2.24) is 15.0 Å². The van der Waals surface area contributed by atoms with Crippen LogP contribution in [0.5, 0.6) is 0 Å². The number of hydrogen-bond donors (Lipinski definition) is 0. The monoisotopic (exact) mass is 209 g/mol. The summed E-state index contributed by atoms with van der Waals surface area (Å²) in [6.07, 6.45) is 0. The van der Waals surface area contributed by atoms with E-state index in [1.165, 1.54) is 0 Å². The molecule has 1 heterocycles. The lowest BCUT2D eigenvalue weighted by atomic mass is 10.7. The van der Waals surface area contributed by atoms with E-state index in [9.17, 15) is 0 Å². The summed E-state index contributed by atoms with van der Waals surface area (Å²) >= 11 is 0. The molecule has 0 saturated carbocycles. The Labute approximate surface area is 89.9 Å².